The lowest BCUT2D eigenvalue weighted by atomic mass is 9.79. The Kier molecular flexibility index (Phi) is 4.20. The SMILES string of the molecule is CC(C)C(CO)C1CCCN(C)C1. The fourth-order valence-electron chi connectivity index (χ4n) is 2.46. The minimum absolute atomic E-state index is 0.357. The highest BCUT2D eigenvalue weighted by Crippen LogP contribution is 2.28. The molecule has 0 spiro atoms. The molecule has 13 heavy (non-hydrogen) atoms. The van der Waals surface area contributed by atoms with Crippen molar-refractivity contribution in [3.8, 4) is 0 Å². The fourth-order valence-corrected chi connectivity index (χ4v) is 2.46. The van der Waals surface area contributed by atoms with Crippen LogP contribution in [0.25, 0.3) is 0 Å². The molecule has 1 heterocycles. The highest BCUT2D eigenvalue weighted by molar-refractivity contribution is 4.78. The van der Waals surface area contributed by atoms with Crippen molar-refractivity contribution in [2.24, 2.45) is 17.8 Å². The van der Waals surface area contributed by atoms with Gasteiger partial charge >= 0.3 is 0 Å². The molecule has 2 unspecified atom stereocenters. The Labute approximate surface area is 81.9 Å². The summed E-state index contributed by atoms with van der Waals surface area (Å²) in [4.78, 5) is 2.39. The number of aliphatic hydroxyl groups excluding tert-OH is 1. The van der Waals surface area contributed by atoms with Crippen molar-refractivity contribution in [2.75, 3.05) is 26.7 Å². The molecule has 0 aromatic heterocycles. The third-order valence-corrected chi connectivity index (χ3v) is 3.33. The number of rotatable bonds is 3. The van der Waals surface area contributed by atoms with E-state index in [2.05, 4.69) is 25.8 Å². The average molecular weight is 185 g/mol. The lowest BCUT2D eigenvalue weighted by Crippen LogP contribution is -2.38. The van der Waals surface area contributed by atoms with Crippen LogP contribution in [-0.4, -0.2) is 36.8 Å². The summed E-state index contributed by atoms with van der Waals surface area (Å²) in [5.41, 5.74) is 0. The monoisotopic (exact) mass is 185 g/mol. The Morgan fingerprint density at radius 2 is 2.15 bits per heavy atom. The van der Waals surface area contributed by atoms with Gasteiger partial charge in [0.25, 0.3) is 0 Å². The van der Waals surface area contributed by atoms with Crippen molar-refractivity contribution in [3.05, 3.63) is 0 Å². The molecule has 2 nitrogen and oxygen atoms in total. The van der Waals surface area contributed by atoms with Gasteiger partial charge < -0.3 is 10.0 Å². The molecular weight excluding hydrogens is 162 g/mol. The predicted octanol–water partition coefficient (Wildman–Crippen LogP) is 1.59. The Morgan fingerprint density at radius 3 is 2.62 bits per heavy atom. The van der Waals surface area contributed by atoms with E-state index >= 15 is 0 Å². The van der Waals surface area contributed by atoms with E-state index in [4.69, 9.17) is 0 Å². The molecule has 1 saturated heterocycles. The first kappa shape index (κ1) is 11.0. The average Bonchev–Trinajstić information content (AvgIpc) is 2.04. The first-order valence-corrected chi connectivity index (χ1v) is 5.44. The van der Waals surface area contributed by atoms with Gasteiger partial charge in [-0.2, -0.15) is 0 Å². The number of piperidine rings is 1. The Bertz CT molecular complexity index is 147. The maximum Gasteiger partial charge on any atom is 0.0464 e. The molecule has 0 radical (unpaired) electrons. The number of hydrogen-bond donors (Lipinski definition) is 1. The molecule has 0 amide bonds. The van der Waals surface area contributed by atoms with Crippen LogP contribution in [0.3, 0.4) is 0 Å². The Hall–Kier alpha value is -0.0800. The van der Waals surface area contributed by atoms with Crippen LogP contribution in [0.15, 0.2) is 0 Å². The van der Waals surface area contributed by atoms with Crippen LogP contribution in [0, 0.1) is 17.8 Å². The molecule has 0 aliphatic carbocycles. The Balaban J connectivity index is 2.47. The lowest BCUT2D eigenvalue weighted by molar-refractivity contribution is 0.0822. The largest absolute Gasteiger partial charge is 0.396 e. The minimum Gasteiger partial charge on any atom is -0.396 e. The summed E-state index contributed by atoms with van der Waals surface area (Å²) in [7, 11) is 2.18. The van der Waals surface area contributed by atoms with Crippen LogP contribution >= 0.6 is 0 Å². The number of nitrogens with zero attached hydrogens (tertiary/aromatic N) is 1. The summed E-state index contributed by atoms with van der Waals surface area (Å²) < 4.78 is 0. The molecule has 2 atom stereocenters. The first-order chi connectivity index (χ1) is 6.15. The van der Waals surface area contributed by atoms with Crippen LogP contribution in [0.2, 0.25) is 0 Å². The first-order valence-electron chi connectivity index (χ1n) is 5.44. The second-order valence-electron chi connectivity index (χ2n) is 4.75. The second-order valence-corrected chi connectivity index (χ2v) is 4.75. The summed E-state index contributed by atoms with van der Waals surface area (Å²) in [5.74, 6) is 1.83. The van der Waals surface area contributed by atoms with Gasteiger partial charge in [0.05, 0.1) is 0 Å². The van der Waals surface area contributed by atoms with Gasteiger partial charge in [0, 0.05) is 13.2 Å². The van der Waals surface area contributed by atoms with Crippen molar-refractivity contribution in [1.29, 1.82) is 0 Å². The zero-order chi connectivity index (χ0) is 9.84. The smallest absolute Gasteiger partial charge is 0.0464 e. The van der Waals surface area contributed by atoms with Crippen LogP contribution in [0.5, 0.6) is 0 Å². The van der Waals surface area contributed by atoms with Crippen molar-refractivity contribution in [1.82, 2.24) is 4.90 Å². The summed E-state index contributed by atoms with van der Waals surface area (Å²) in [6.07, 6.45) is 2.60. The zero-order valence-corrected chi connectivity index (χ0v) is 9.16. The molecule has 78 valence electrons. The van der Waals surface area contributed by atoms with Crippen molar-refractivity contribution in [2.45, 2.75) is 26.7 Å². The van der Waals surface area contributed by atoms with Crippen molar-refractivity contribution >= 4 is 0 Å². The topological polar surface area (TPSA) is 23.5 Å². The van der Waals surface area contributed by atoms with Crippen LogP contribution in [-0.2, 0) is 0 Å². The van der Waals surface area contributed by atoms with Crippen molar-refractivity contribution < 1.29 is 5.11 Å². The van der Waals surface area contributed by atoms with E-state index in [1.54, 1.807) is 0 Å². The minimum atomic E-state index is 0.357. The molecule has 1 aliphatic heterocycles. The highest BCUT2D eigenvalue weighted by Gasteiger charge is 2.27. The van der Waals surface area contributed by atoms with Gasteiger partial charge in [0.2, 0.25) is 0 Å². The number of aliphatic hydroxyl groups is 1. The highest BCUT2D eigenvalue weighted by atomic mass is 16.3. The van der Waals surface area contributed by atoms with Gasteiger partial charge in [0.1, 0.15) is 0 Å². The molecule has 0 aromatic rings. The summed E-state index contributed by atoms with van der Waals surface area (Å²) in [6.45, 7) is 7.19. The summed E-state index contributed by atoms with van der Waals surface area (Å²) in [5, 5.41) is 9.32. The maximum absolute atomic E-state index is 9.32. The van der Waals surface area contributed by atoms with E-state index in [0.717, 1.165) is 0 Å². The second kappa shape index (κ2) is 4.97. The van der Waals surface area contributed by atoms with Gasteiger partial charge in [-0.1, -0.05) is 13.8 Å². The zero-order valence-electron chi connectivity index (χ0n) is 9.16. The van der Waals surface area contributed by atoms with Crippen LogP contribution in [0.4, 0.5) is 0 Å². The quantitative estimate of drug-likeness (QED) is 0.722. The predicted molar refractivity (Wildman–Crippen MR) is 55.6 cm³/mol. The summed E-state index contributed by atoms with van der Waals surface area (Å²) >= 11 is 0. The van der Waals surface area contributed by atoms with E-state index < -0.39 is 0 Å². The normalized spacial score (nSPS) is 27.9. The molecule has 2 heteroatoms. The molecule has 0 aromatic carbocycles. The van der Waals surface area contributed by atoms with E-state index in [1.807, 2.05) is 0 Å². The number of hydrogen-bond acceptors (Lipinski definition) is 2. The van der Waals surface area contributed by atoms with Gasteiger partial charge in [-0.3, -0.25) is 0 Å². The molecule has 0 bridgehead atoms. The van der Waals surface area contributed by atoms with Gasteiger partial charge in [0.15, 0.2) is 0 Å². The lowest BCUT2D eigenvalue weighted by Gasteiger charge is -2.36. The standard InChI is InChI=1S/C11H23NO/c1-9(2)11(8-13)10-5-4-6-12(3)7-10/h9-11,13H,4-8H2,1-3H3. The van der Waals surface area contributed by atoms with E-state index in [-0.39, 0.29) is 0 Å². The molecule has 1 rings (SSSR count). The fraction of sp³-hybridized carbons (Fsp3) is 1.00. The van der Waals surface area contributed by atoms with E-state index in [0.29, 0.717) is 24.4 Å². The molecule has 1 fully saturated rings. The van der Waals surface area contributed by atoms with Crippen LogP contribution < -0.4 is 0 Å². The van der Waals surface area contributed by atoms with Gasteiger partial charge in [-0.05, 0) is 44.2 Å². The van der Waals surface area contributed by atoms with E-state index in [9.17, 15) is 5.11 Å². The third kappa shape index (κ3) is 2.96. The van der Waals surface area contributed by atoms with Crippen molar-refractivity contribution in [3.63, 3.8) is 0 Å². The third-order valence-electron chi connectivity index (χ3n) is 3.33. The van der Waals surface area contributed by atoms with Gasteiger partial charge in [-0.15, -0.1) is 0 Å². The Morgan fingerprint density at radius 1 is 1.46 bits per heavy atom. The molecule has 1 aliphatic rings. The van der Waals surface area contributed by atoms with Gasteiger partial charge in [-0.25, -0.2) is 0 Å². The number of likely N-dealkylation sites (tertiary alicyclic amines) is 1. The maximum atomic E-state index is 9.32. The van der Waals surface area contributed by atoms with E-state index in [1.165, 1.54) is 25.9 Å². The molecular formula is C11H23NO. The van der Waals surface area contributed by atoms with Crippen LogP contribution in [0.1, 0.15) is 26.7 Å². The summed E-state index contributed by atoms with van der Waals surface area (Å²) in [6, 6.07) is 0. The molecule has 1 N–H and O–H groups in total. The molecule has 0 saturated carbocycles.